The van der Waals surface area contributed by atoms with Gasteiger partial charge < -0.3 is 5.73 Å². The summed E-state index contributed by atoms with van der Waals surface area (Å²) in [7, 11) is 0. The number of aromatic nitrogens is 2. The Morgan fingerprint density at radius 1 is 1.11 bits per heavy atom. The molecule has 0 atom stereocenters. The summed E-state index contributed by atoms with van der Waals surface area (Å²) in [6.45, 7) is 8.24. The summed E-state index contributed by atoms with van der Waals surface area (Å²) in [5.74, 6) is 0.809. The Hall–Kier alpha value is -2.41. The summed E-state index contributed by atoms with van der Waals surface area (Å²) in [6.07, 6.45) is 1.48. The largest absolute Gasteiger partial charge is 0.382 e. The highest BCUT2D eigenvalue weighted by molar-refractivity contribution is 5.69. The fourth-order valence-corrected chi connectivity index (χ4v) is 2.15. The average molecular weight is 252 g/mol. The van der Waals surface area contributed by atoms with Crippen molar-refractivity contribution in [1.29, 1.82) is 5.26 Å². The van der Waals surface area contributed by atoms with Crippen LogP contribution in [0, 0.1) is 39.0 Å². The Morgan fingerprint density at radius 3 is 2.16 bits per heavy atom. The number of nitrogens with two attached hydrogens (primary N) is 1. The molecule has 0 spiro atoms. The molecule has 2 N–H and O–H groups in total. The Morgan fingerprint density at radius 2 is 1.68 bits per heavy atom. The van der Waals surface area contributed by atoms with E-state index in [1.165, 1.54) is 17.3 Å². The quantitative estimate of drug-likeness (QED) is 0.846. The van der Waals surface area contributed by atoms with Crippen LogP contribution in [0.4, 0.5) is 5.82 Å². The molecule has 2 rings (SSSR count). The lowest BCUT2D eigenvalue weighted by Gasteiger charge is -2.14. The zero-order valence-corrected chi connectivity index (χ0v) is 11.6. The highest BCUT2D eigenvalue weighted by atomic mass is 14.9. The number of nitriles is 1. The van der Waals surface area contributed by atoms with Crippen LogP contribution in [0.25, 0.3) is 11.4 Å². The molecule has 0 aliphatic rings. The molecule has 19 heavy (non-hydrogen) atoms. The molecule has 0 amide bonds. The van der Waals surface area contributed by atoms with Gasteiger partial charge in [-0.2, -0.15) is 5.26 Å². The van der Waals surface area contributed by atoms with Gasteiger partial charge in [-0.05, 0) is 49.9 Å². The van der Waals surface area contributed by atoms with Gasteiger partial charge >= 0.3 is 0 Å². The molecular formula is C15H16N4. The monoisotopic (exact) mass is 252 g/mol. The molecule has 4 heteroatoms. The lowest BCUT2D eigenvalue weighted by molar-refractivity contribution is 1.13. The SMILES string of the molecule is Cc1cc(C)c(C)c(-c2ncc(C#N)c(N)n2)c1C. The number of benzene rings is 1. The molecule has 1 aromatic heterocycles. The molecule has 1 heterocycles. The van der Waals surface area contributed by atoms with Crippen LogP contribution in [0.3, 0.4) is 0 Å². The van der Waals surface area contributed by atoms with Crippen molar-refractivity contribution in [1.82, 2.24) is 9.97 Å². The van der Waals surface area contributed by atoms with Crippen LogP contribution in [-0.4, -0.2) is 9.97 Å². The normalized spacial score (nSPS) is 10.3. The molecule has 96 valence electrons. The summed E-state index contributed by atoms with van der Waals surface area (Å²) in [5, 5.41) is 8.87. The van der Waals surface area contributed by atoms with Gasteiger partial charge in [0.25, 0.3) is 0 Å². The van der Waals surface area contributed by atoms with Gasteiger partial charge in [-0.15, -0.1) is 0 Å². The van der Waals surface area contributed by atoms with Crippen LogP contribution in [0.5, 0.6) is 0 Å². The number of nitrogens with zero attached hydrogens (tertiary/aromatic N) is 3. The number of hydrogen-bond donors (Lipinski definition) is 1. The third kappa shape index (κ3) is 2.15. The molecule has 1 aromatic carbocycles. The summed E-state index contributed by atoms with van der Waals surface area (Å²) >= 11 is 0. The van der Waals surface area contributed by atoms with Crippen LogP contribution in [0.2, 0.25) is 0 Å². The Bertz CT molecular complexity index is 670. The van der Waals surface area contributed by atoms with Crippen LogP contribution in [0.15, 0.2) is 12.3 Å². The second-order valence-corrected chi connectivity index (χ2v) is 4.74. The van der Waals surface area contributed by atoms with Crippen LogP contribution < -0.4 is 5.73 Å². The maximum Gasteiger partial charge on any atom is 0.162 e. The van der Waals surface area contributed by atoms with E-state index in [0.717, 1.165) is 16.7 Å². The number of anilines is 1. The fourth-order valence-electron chi connectivity index (χ4n) is 2.15. The zero-order chi connectivity index (χ0) is 14.2. The van der Waals surface area contributed by atoms with Crippen molar-refractivity contribution >= 4 is 5.82 Å². The number of nitrogen functional groups attached to an aromatic ring is 1. The van der Waals surface area contributed by atoms with Crippen molar-refractivity contribution in [3.63, 3.8) is 0 Å². The van der Waals surface area contributed by atoms with Gasteiger partial charge in [-0.25, -0.2) is 9.97 Å². The molecule has 0 unspecified atom stereocenters. The molecule has 0 fully saturated rings. The lowest BCUT2D eigenvalue weighted by Crippen LogP contribution is -2.03. The Balaban J connectivity index is 2.73. The van der Waals surface area contributed by atoms with Crippen molar-refractivity contribution in [3.05, 3.63) is 40.1 Å². The van der Waals surface area contributed by atoms with Crippen LogP contribution >= 0.6 is 0 Å². The highest BCUT2D eigenvalue weighted by Crippen LogP contribution is 2.29. The maximum absolute atomic E-state index is 8.87. The van der Waals surface area contributed by atoms with Crippen molar-refractivity contribution in [2.75, 3.05) is 5.73 Å². The van der Waals surface area contributed by atoms with Gasteiger partial charge in [0.05, 0.1) is 6.20 Å². The van der Waals surface area contributed by atoms with Crippen molar-refractivity contribution in [3.8, 4) is 17.5 Å². The van der Waals surface area contributed by atoms with Crippen molar-refractivity contribution in [2.24, 2.45) is 0 Å². The second kappa shape index (κ2) is 4.69. The molecule has 0 bridgehead atoms. The standard InChI is InChI=1S/C15H16N4/c1-8-5-9(2)11(4)13(10(8)3)15-18-7-12(6-16)14(17)19-15/h5,7H,1-4H3,(H2,17,18,19). The fraction of sp³-hybridized carbons (Fsp3) is 0.267. The van der Waals surface area contributed by atoms with Gasteiger partial charge in [-0.3, -0.25) is 0 Å². The minimum absolute atomic E-state index is 0.227. The molecule has 0 aliphatic carbocycles. The summed E-state index contributed by atoms with van der Waals surface area (Å²) < 4.78 is 0. The van der Waals surface area contributed by atoms with E-state index in [9.17, 15) is 0 Å². The van der Waals surface area contributed by atoms with Gasteiger partial charge in [0.15, 0.2) is 5.82 Å². The van der Waals surface area contributed by atoms with E-state index in [4.69, 9.17) is 11.0 Å². The third-order valence-electron chi connectivity index (χ3n) is 3.53. The van der Waals surface area contributed by atoms with E-state index < -0.39 is 0 Å². The van der Waals surface area contributed by atoms with Gasteiger partial charge in [-0.1, -0.05) is 6.07 Å². The molecule has 0 aliphatic heterocycles. The minimum Gasteiger partial charge on any atom is -0.382 e. The molecule has 0 saturated carbocycles. The molecule has 0 saturated heterocycles. The first-order valence-corrected chi connectivity index (χ1v) is 6.06. The van der Waals surface area contributed by atoms with E-state index in [-0.39, 0.29) is 5.82 Å². The Kier molecular flexibility index (Phi) is 3.22. The Labute approximate surface area is 112 Å². The van der Waals surface area contributed by atoms with E-state index in [2.05, 4.69) is 43.7 Å². The van der Waals surface area contributed by atoms with E-state index in [1.807, 2.05) is 6.07 Å². The first kappa shape index (κ1) is 13.0. The van der Waals surface area contributed by atoms with Gasteiger partial charge in [0, 0.05) is 5.56 Å². The van der Waals surface area contributed by atoms with Crippen molar-refractivity contribution < 1.29 is 0 Å². The van der Waals surface area contributed by atoms with Crippen LogP contribution in [0.1, 0.15) is 27.8 Å². The number of aryl methyl sites for hydroxylation is 2. The summed E-state index contributed by atoms with van der Waals surface area (Å²) in [5.41, 5.74) is 11.8. The molecular weight excluding hydrogens is 236 g/mol. The number of hydrogen-bond acceptors (Lipinski definition) is 4. The average Bonchev–Trinajstić information content (AvgIpc) is 2.37. The molecule has 0 radical (unpaired) electrons. The third-order valence-corrected chi connectivity index (χ3v) is 3.53. The van der Waals surface area contributed by atoms with Crippen molar-refractivity contribution in [2.45, 2.75) is 27.7 Å². The predicted molar refractivity (Wildman–Crippen MR) is 75.5 cm³/mol. The first-order chi connectivity index (χ1) is 8.95. The van der Waals surface area contributed by atoms with Crippen LogP contribution in [-0.2, 0) is 0 Å². The zero-order valence-electron chi connectivity index (χ0n) is 11.6. The predicted octanol–water partition coefficient (Wildman–Crippen LogP) is 2.83. The van der Waals surface area contributed by atoms with E-state index in [0.29, 0.717) is 11.4 Å². The van der Waals surface area contributed by atoms with E-state index in [1.54, 1.807) is 0 Å². The first-order valence-electron chi connectivity index (χ1n) is 6.06. The minimum atomic E-state index is 0.227. The highest BCUT2D eigenvalue weighted by Gasteiger charge is 2.14. The molecule has 2 aromatic rings. The van der Waals surface area contributed by atoms with Gasteiger partial charge in [0.1, 0.15) is 17.5 Å². The summed E-state index contributed by atoms with van der Waals surface area (Å²) in [6, 6.07) is 4.13. The van der Waals surface area contributed by atoms with E-state index >= 15 is 0 Å². The summed E-state index contributed by atoms with van der Waals surface area (Å²) in [4.78, 5) is 8.53. The van der Waals surface area contributed by atoms with Gasteiger partial charge in [0.2, 0.25) is 0 Å². The smallest absolute Gasteiger partial charge is 0.162 e. The number of rotatable bonds is 1. The second-order valence-electron chi connectivity index (χ2n) is 4.74. The lowest BCUT2D eigenvalue weighted by atomic mass is 9.94. The molecule has 4 nitrogen and oxygen atoms in total. The maximum atomic E-state index is 8.87. The topological polar surface area (TPSA) is 75.6 Å².